The summed E-state index contributed by atoms with van der Waals surface area (Å²) in [5, 5.41) is 2.69. The minimum atomic E-state index is -4.98. The summed E-state index contributed by atoms with van der Waals surface area (Å²) in [7, 11) is 2.77. The highest BCUT2D eigenvalue weighted by Crippen LogP contribution is 2.36. The highest BCUT2D eigenvalue weighted by molar-refractivity contribution is 6.32. The van der Waals surface area contributed by atoms with E-state index in [1.54, 1.807) is 13.8 Å². The van der Waals surface area contributed by atoms with E-state index in [1.807, 2.05) is 0 Å². The molecule has 7 nitrogen and oxygen atoms in total. The van der Waals surface area contributed by atoms with Crippen molar-refractivity contribution in [1.82, 2.24) is 9.55 Å². The van der Waals surface area contributed by atoms with Gasteiger partial charge in [-0.25, -0.2) is 4.98 Å². The van der Waals surface area contributed by atoms with Gasteiger partial charge >= 0.3 is 6.18 Å². The fourth-order valence-corrected chi connectivity index (χ4v) is 3.37. The Morgan fingerprint density at radius 1 is 1.09 bits per heavy atom. The maximum atomic E-state index is 13.4. The third-order valence-corrected chi connectivity index (χ3v) is 5.18. The number of carbonyl (C=O) groups excluding carboxylic acids is 1. The van der Waals surface area contributed by atoms with E-state index in [-0.39, 0.29) is 27.5 Å². The molecule has 3 rings (SSSR count). The minimum absolute atomic E-state index is 0.0436. The molecule has 0 aliphatic carbocycles. The van der Waals surface area contributed by atoms with Crippen molar-refractivity contribution < 1.29 is 27.4 Å². The molecule has 0 fully saturated rings. The van der Waals surface area contributed by atoms with E-state index in [2.05, 4.69) is 10.3 Å². The van der Waals surface area contributed by atoms with Crippen molar-refractivity contribution in [2.24, 2.45) is 0 Å². The van der Waals surface area contributed by atoms with E-state index in [1.165, 1.54) is 38.5 Å². The Morgan fingerprint density at radius 2 is 1.72 bits per heavy atom. The van der Waals surface area contributed by atoms with Crippen molar-refractivity contribution in [1.29, 1.82) is 0 Å². The van der Waals surface area contributed by atoms with Gasteiger partial charge in [0.2, 0.25) is 11.6 Å². The first-order valence-corrected chi connectivity index (χ1v) is 9.64. The van der Waals surface area contributed by atoms with Crippen LogP contribution in [0.5, 0.6) is 11.5 Å². The van der Waals surface area contributed by atoms with Gasteiger partial charge in [-0.3, -0.25) is 14.2 Å². The third-order valence-electron chi connectivity index (χ3n) is 4.88. The highest BCUT2D eigenvalue weighted by atomic mass is 35.5. The molecule has 1 N–H and O–H groups in total. The maximum absolute atomic E-state index is 13.4. The molecule has 3 aromatic rings. The van der Waals surface area contributed by atoms with E-state index in [0.29, 0.717) is 11.3 Å². The Kier molecular flexibility index (Phi) is 6.36. The number of hydrogen-bond donors (Lipinski definition) is 1. The van der Waals surface area contributed by atoms with Crippen LogP contribution in [0.3, 0.4) is 0 Å². The summed E-state index contributed by atoms with van der Waals surface area (Å²) in [6.07, 6.45) is -4.98. The predicted octanol–water partition coefficient (Wildman–Crippen LogP) is 4.34. The SMILES string of the molecule is COc1cc(OC)c(NC(=O)Cn2c(=O)c(C(F)(F)F)nc3cc(C)c(C)cc32)cc1Cl. The van der Waals surface area contributed by atoms with Gasteiger partial charge in [-0.2, -0.15) is 13.2 Å². The van der Waals surface area contributed by atoms with Crippen molar-refractivity contribution in [3.63, 3.8) is 0 Å². The van der Waals surface area contributed by atoms with Crippen LogP contribution in [-0.2, 0) is 17.5 Å². The van der Waals surface area contributed by atoms with Crippen molar-refractivity contribution in [2.45, 2.75) is 26.6 Å². The van der Waals surface area contributed by atoms with Gasteiger partial charge in [0, 0.05) is 6.07 Å². The molecule has 1 amide bonds. The summed E-state index contributed by atoms with van der Waals surface area (Å²) in [6.45, 7) is 2.77. The molecule has 2 aromatic carbocycles. The average molecular weight is 470 g/mol. The Labute approximate surface area is 185 Å². The number of nitrogens with one attached hydrogen (secondary N) is 1. The zero-order chi connectivity index (χ0) is 23.8. The number of methoxy groups -OCH3 is 2. The molecule has 1 aromatic heterocycles. The standard InChI is InChI=1S/C21H19ClF3N3O4/c1-10-5-13-15(6-11(10)2)28(20(30)19(27-13)21(23,24)25)9-18(29)26-14-7-12(22)16(31-3)8-17(14)32-4/h5-8H,9H2,1-4H3,(H,26,29). The van der Waals surface area contributed by atoms with Gasteiger partial charge in [-0.05, 0) is 43.2 Å². The topological polar surface area (TPSA) is 82.5 Å². The van der Waals surface area contributed by atoms with Crippen molar-refractivity contribution in [3.8, 4) is 11.5 Å². The molecular formula is C21H19ClF3N3O4. The second-order valence-electron chi connectivity index (χ2n) is 7.01. The van der Waals surface area contributed by atoms with Crippen molar-refractivity contribution >= 4 is 34.2 Å². The van der Waals surface area contributed by atoms with Gasteiger partial charge in [-0.15, -0.1) is 0 Å². The molecule has 0 saturated carbocycles. The first kappa shape index (κ1) is 23.4. The van der Waals surface area contributed by atoms with Gasteiger partial charge in [0.1, 0.15) is 18.0 Å². The second-order valence-corrected chi connectivity index (χ2v) is 7.42. The lowest BCUT2D eigenvalue weighted by Gasteiger charge is -2.16. The van der Waals surface area contributed by atoms with E-state index in [4.69, 9.17) is 21.1 Å². The van der Waals surface area contributed by atoms with Gasteiger partial charge < -0.3 is 14.8 Å². The van der Waals surface area contributed by atoms with E-state index in [9.17, 15) is 22.8 Å². The molecule has 1 heterocycles. The Balaban J connectivity index is 2.08. The number of halogens is 4. The maximum Gasteiger partial charge on any atom is 0.438 e. The normalized spacial score (nSPS) is 11.5. The molecule has 0 bridgehead atoms. The Bertz CT molecular complexity index is 1270. The second kappa shape index (κ2) is 8.70. The number of rotatable bonds is 5. The van der Waals surface area contributed by atoms with Crippen LogP contribution in [-0.4, -0.2) is 29.7 Å². The van der Waals surface area contributed by atoms with Crippen LogP contribution in [0.2, 0.25) is 5.02 Å². The van der Waals surface area contributed by atoms with Crippen LogP contribution in [0, 0.1) is 13.8 Å². The number of fused-ring (bicyclic) bond motifs is 1. The van der Waals surface area contributed by atoms with Gasteiger partial charge in [-0.1, -0.05) is 11.6 Å². The van der Waals surface area contributed by atoms with Crippen LogP contribution in [0.4, 0.5) is 18.9 Å². The Morgan fingerprint density at radius 3 is 2.31 bits per heavy atom. The first-order valence-electron chi connectivity index (χ1n) is 9.26. The smallest absolute Gasteiger partial charge is 0.438 e. The van der Waals surface area contributed by atoms with Crippen LogP contribution in [0.15, 0.2) is 29.1 Å². The van der Waals surface area contributed by atoms with Gasteiger partial charge in [0.15, 0.2) is 0 Å². The fourth-order valence-electron chi connectivity index (χ4n) is 3.13. The van der Waals surface area contributed by atoms with Crippen LogP contribution < -0.4 is 20.3 Å². The van der Waals surface area contributed by atoms with Gasteiger partial charge in [0.25, 0.3) is 5.56 Å². The van der Waals surface area contributed by atoms with E-state index in [0.717, 1.165) is 10.1 Å². The largest absolute Gasteiger partial charge is 0.495 e. The van der Waals surface area contributed by atoms with Crippen LogP contribution in [0.25, 0.3) is 11.0 Å². The van der Waals surface area contributed by atoms with Gasteiger partial charge in [0.05, 0.1) is 36.0 Å². The minimum Gasteiger partial charge on any atom is -0.495 e. The lowest BCUT2D eigenvalue weighted by atomic mass is 10.1. The summed E-state index contributed by atoms with van der Waals surface area (Å²) in [4.78, 5) is 28.9. The molecule has 0 atom stereocenters. The number of aromatic nitrogens is 2. The third kappa shape index (κ3) is 4.50. The molecule has 0 radical (unpaired) electrons. The zero-order valence-corrected chi connectivity index (χ0v) is 18.3. The predicted molar refractivity (Wildman–Crippen MR) is 114 cm³/mol. The number of benzene rings is 2. The van der Waals surface area contributed by atoms with Crippen LogP contribution in [0.1, 0.15) is 16.8 Å². The quantitative estimate of drug-likeness (QED) is 0.601. The number of hydrogen-bond acceptors (Lipinski definition) is 5. The monoisotopic (exact) mass is 469 g/mol. The van der Waals surface area contributed by atoms with E-state index >= 15 is 0 Å². The number of aryl methyl sites for hydroxylation is 2. The molecule has 0 spiro atoms. The van der Waals surface area contributed by atoms with Crippen molar-refractivity contribution in [2.75, 3.05) is 19.5 Å². The lowest BCUT2D eigenvalue weighted by molar-refractivity contribution is -0.142. The number of alkyl halides is 3. The molecule has 170 valence electrons. The summed E-state index contributed by atoms with van der Waals surface area (Å²) in [6, 6.07) is 5.79. The molecule has 0 aliphatic rings. The average Bonchev–Trinajstić information content (AvgIpc) is 2.70. The Hall–Kier alpha value is -3.27. The number of ether oxygens (including phenoxy) is 2. The van der Waals surface area contributed by atoms with E-state index < -0.39 is 29.9 Å². The summed E-state index contributed by atoms with van der Waals surface area (Å²) in [5.74, 6) is -0.238. The number of nitrogens with zero attached hydrogens (tertiary/aromatic N) is 2. The molecule has 0 saturated heterocycles. The van der Waals surface area contributed by atoms with Crippen molar-refractivity contribution in [3.05, 3.63) is 56.5 Å². The van der Waals surface area contributed by atoms with Crippen LogP contribution >= 0.6 is 11.6 Å². The first-order chi connectivity index (χ1) is 15.0. The molecular weight excluding hydrogens is 451 g/mol. The molecule has 11 heteroatoms. The highest BCUT2D eigenvalue weighted by Gasteiger charge is 2.37. The zero-order valence-electron chi connectivity index (χ0n) is 17.6. The lowest BCUT2D eigenvalue weighted by Crippen LogP contribution is -2.34. The molecule has 0 unspecified atom stereocenters. The number of anilines is 1. The number of amides is 1. The summed E-state index contributed by atoms with van der Waals surface area (Å²) in [5.41, 5.74) is -1.34. The molecule has 32 heavy (non-hydrogen) atoms. The summed E-state index contributed by atoms with van der Waals surface area (Å²) >= 11 is 6.09. The fraction of sp³-hybridized carbons (Fsp3) is 0.286. The summed E-state index contributed by atoms with van der Waals surface area (Å²) < 4.78 is 51.3. The molecule has 0 aliphatic heterocycles. The number of carbonyl (C=O) groups is 1.